The number of nitrogens with zero attached hydrogens (tertiary/aromatic N) is 2. The number of carbonyl (C=O) groups is 1. The quantitative estimate of drug-likeness (QED) is 0.671. The van der Waals surface area contributed by atoms with E-state index in [1.807, 2.05) is 55.5 Å². The number of aromatic amines is 1. The highest BCUT2D eigenvalue weighted by atomic mass is 16.5. The van der Waals surface area contributed by atoms with Gasteiger partial charge in [-0.25, -0.2) is 4.98 Å². The second-order valence-electron chi connectivity index (χ2n) is 6.24. The summed E-state index contributed by atoms with van der Waals surface area (Å²) in [4.78, 5) is 16.9. The van der Waals surface area contributed by atoms with Crippen LogP contribution in [-0.4, -0.2) is 27.2 Å². The van der Waals surface area contributed by atoms with E-state index in [2.05, 4.69) is 20.5 Å². The van der Waals surface area contributed by atoms with Crippen molar-refractivity contribution < 1.29 is 9.53 Å². The molecular weight excluding hydrogens is 330 g/mol. The van der Waals surface area contributed by atoms with E-state index in [-0.39, 0.29) is 11.8 Å². The highest BCUT2D eigenvalue weighted by Gasteiger charge is 2.36. The van der Waals surface area contributed by atoms with Gasteiger partial charge in [-0.2, -0.15) is 5.10 Å². The van der Waals surface area contributed by atoms with Gasteiger partial charge >= 0.3 is 0 Å². The van der Waals surface area contributed by atoms with Gasteiger partial charge < -0.3 is 15.8 Å². The second-order valence-corrected chi connectivity index (χ2v) is 6.24. The molecule has 0 fully saturated rings. The Morgan fingerprint density at radius 2 is 2.00 bits per heavy atom. The number of anilines is 1. The molecule has 132 valence electrons. The number of carbonyl (C=O) groups excluding carboxylic acids is 1. The van der Waals surface area contributed by atoms with Gasteiger partial charge in [0.15, 0.2) is 11.9 Å². The Labute approximate surface area is 150 Å². The minimum Gasteiger partial charge on any atom is -0.480 e. The summed E-state index contributed by atoms with van der Waals surface area (Å²) in [5.41, 5.74) is 8.13. The van der Waals surface area contributed by atoms with Crippen molar-refractivity contribution in [3.63, 3.8) is 0 Å². The van der Waals surface area contributed by atoms with Crippen LogP contribution in [0, 0.1) is 0 Å². The summed E-state index contributed by atoms with van der Waals surface area (Å²) in [5.74, 6) is 1.82. The Hall–Kier alpha value is -3.19. The van der Waals surface area contributed by atoms with E-state index in [1.165, 1.54) is 0 Å². The number of benzene rings is 2. The van der Waals surface area contributed by atoms with Crippen LogP contribution < -0.4 is 15.8 Å². The minimum absolute atomic E-state index is 0.00779. The van der Waals surface area contributed by atoms with Crippen LogP contribution in [0.4, 0.5) is 5.69 Å². The van der Waals surface area contributed by atoms with Gasteiger partial charge in [0.25, 0.3) is 5.91 Å². The fraction of sp³-hybridized carbons (Fsp3) is 0.211. The van der Waals surface area contributed by atoms with Crippen molar-refractivity contribution in [2.24, 2.45) is 5.73 Å². The number of rotatable bonds is 4. The van der Waals surface area contributed by atoms with E-state index in [0.29, 0.717) is 23.9 Å². The third-order valence-electron chi connectivity index (χ3n) is 4.51. The van der Waals surface area contributed by atoms with E-state index in [9.17, 15) is 4.79 Å². The number of H-pyrrole nitrogens is 1. The van der Waals surface area contributed by atoms with Crippen LogP contribution in [0.15, 0.2) is 48.5 Å². The standard InChI is InChI=1S/C19H19N5O2/c1-11-14-4-2-3-5-15(14)26-17(11)19(25)21-13-8-6-12(7-9-13)18-22-16(10-20)23-24-18/h2-9,11,17H,10,20H2,1H3,(H,21,25)(H,22,23,24)/t11-,17+/m0/s1. The zero-order chi connectivity index (χ0) is 18.1. The molecule has 7 heteroatoms. The number of ether oxygens (including phenoxy) is 1. The lowest BCUT2D eigenvalue weighted by Crippen LogP contribution is -2.33. The summed E-state index contributed by atoms with van der Waals surface area (Å²) in [7, 11) is 0. The second kappa shape index (κ2) is 6.61. The van der Waals surface area contributed by atoms with E-state index >= 15 is 0 Å². The average molecular weight is 349 g/mol. The topological polar surface area (TPSA) is 106 Å². The van der Waals surface area contributed by atoms with Crippen LogP contribution in [-0.2, 0) is 11.3 Å². The Kier molecular flexibility index (Phi) is 4.14. The molecule has 4 N–H and O–H groups in total. The molecule has 2 heterocycles. The van der Waals surface area contributed by atoms with E-state index < -0.39 is 6.10 Å². The molecule has 2 atom stereocenters. The van der Waals surface area contributed by atoms with Crippen LogP contribution in [0.1, 0.15) is 24.2 Å². The van der Waals surface area contributed by atoms with Crippen molar-refractivity contribution in [3.05, 3.63) is 59.9 Å². The smallest absolute Gasteiger partial charge is 0.266 e. The highest BCUT2D eigenvalue weighted by Crippen LogP contribution is 2.38. The summed E-state index contributed by atoms with van der Waals surface area (Å²) >= 11 is 0. The van der Waals surface area contributed by atoms with Crippen LogP contribution in [0.2, 0.25) is 0 Å². The zero-order valence-corrected chi connectivity index (χ0v) is 14.3. The average Bonchev–Trinajstić information content (AvgIpc) is 3.28. The molecule has 0 spiro atoms. The van der Waals surface area contributed by atoms with Crippen molar-refractivity contribution in [1.29, 1.82) is 0 Å². The number of amides is 1. The van der Waals surface area contributed by atoms with Crippen LogP contribution in [0.3, 0.4) is 0 Å². The summed E-state index contributed by atoms with van der Waals surface area (Å²) in [6.45, 7) is 2.31. The van der Waals surface area contributed by atoms with Gasteiger partial charge in [0, 0.05) is 22.7 Å². The third-order valence-corrected chi connectivity index (χ3v) is 4.51. The molecule has 1 aromatic heterocycles. The maximum atomic E-state index is 12.6. The number of aromatic nitrogens is 3. The Balaban J connectivity index is 1.45. The molecule has 26 heavy (non-hydrogen) atoms. The van der Waals surface area contributed by atoms with Crippen molar-refractivity contribution >= 4 is 11.6 Å². The fourth-order valence-electron chi connectivity index (χ4n) is 3.08. The van der Waals surface area contributed by atoms with Crippen LogP contribution >= 0.6 is 0 Å². The summed E-state index contributed by atoms with van der Waals surface area (Å²) in [6.07, 6.45) is -0.535. The monoisotopic (exact) mass is 349 g/mol. The number of fused-ring (bicyclic) bond motifs is 1. The molecule has 7 nitrogen and oxygen atoms in total. The number of hydrogen-bond donors (Lipinski definition) is 3. The minimum atomic E-state index is -0.535. The van der Waals surface area contributed by atoms with Crippen LogP contribution in [0.5, 0.6) is 5.75 Å². The van der Waals surface area contributed by atoms with E-state index in [0.717, 1.165) is 16.9 Å². The molecule has 3 aromatic rings. The predicted octanol–water partition coefficient (Wildman–Crippen LogP) is 2.43. The number of nitrogens with two attached hydrogens (primary N) is 1. The van der Waals surface area contributed by atoms with Crippen molar-refractivity contribution in [1.82, 2.24) is 15.2 Å². The molecule has 1 aliphatic heterocycles. The number of nitrogens with one attached hydrogen (secondary N) is 2. The molecule has 4 rings (SSSR count). The largest absolute Gasteiger partial charge is 0.480 e. The van der Waals surface area contributed by atoms with E-state index in [4.69, 9.17) is 10.5 Å². The van der Waals surface area contributed by atoms with Crippen molar-refractivity contribution in [3.8, 4) is 17.1 Å². The molecule has 0 radical (unpaired) electrons. The molecule has 0 unspecified atom stereocenters. The fourth-order valence-corrected chi connectivity index (χ4v) is 3.08. The Bertz CT molecular complexity index is 935. The summed E-state index contributed by atoms with van der Waals surface area (Å²) < 4.78 is 5.81. The van der Waals surface area contributed by atoms with Crippen molar-refractivity contribution in [2.45, 2.75) is 25.5 Å². The van der Waals surface area contributed by atoms with Crippen molar-refractivity contribution in [2.75, 3.05) is 5.32 Å². The van der Waals surface area contributed by atoms with Gasteiger partial charge in [-0.15, -0.1) is 0 Å². The molecule has 0 saturated carbocycles. The lowest BCUT2D eigenvalue weighted by Gasteiger charge is -2.15. The molecule has 1 amide bonds. The zero-order valence-electron chi connectivity index (χ0n) is 14.3. The SMILES string of the molecule is C[C@H]1c2ccccc2O[C@H]1C(=O)Nc1ccc(-c2n[nH]c(CN)n2)cc1. The van der Waals surface area contributed by atoms with Gasteiger partial charge in [-0.3, -0.25) is 9.89 Å². The van der Waals surface area contributed by atoms with E-state index in [1.54, 1.807) is 0 Å². The molecule has 2 aromatic carbocycles. The van der Waals surface area contributed by atoms with Gasteiger partial charge in [0.2, 0.25) is 0 Å². The molecule has 1 aliphatic rings. The molecule has 0 saturated heterocycles. The first-order valence-electron chi connectivity index (χ1n) is 8.44. The highest BCUT2D eigenvalue weighted by molar-refractivity contribution is 5.95. The maximum Gasteiger partial charge on any atom is 0.266 e. The number of para-hydroxylation sites is 1. The lowest BCUT2D eigenvalue weighted by molar-refractivity contribution is -0.122. The summed E-state index contributed by atoms with van der Waals surface area (Å²) in [5, 5.41) is 9.81. The van der Waals surface area contributed by atoms with Crippen LogP contribution in [0.25, 0.3) is 11.4 Å². The van der Waals surface area contributed by atoms with Gasteiger partial charge in [0.05, 0.1) is 6.54 Å². The first-order chi connectivity index (χ1) is 12.7. The normalized spacial score (nSPS) is 18.2. The van der Waals surface area contributed by atoms with Gasteiger partial charge in [-0.05, 0) is 30.3 Å². The number of hydrogen-bond acceptors (Lipinski definition) is 5. The molecule has 0 aliphatic carbocycles. The first-order valence-corrected chi connectivity index (χ1v) is 8.44. The lowest BCUT2D eigenvalue weighted by atomic mass is 9.97. The Morgan fingerprint density at radius 3 is 2.69 bits per heavy atom. The Morgan fingerprint density at radius 1 is 1.23 bits per heavy atom. The first kappa shape index (κ1) is 16.3. The molecular formula is C19H19N5O2. The summed E-state index contributed by atoms with van der Waals surface area (Å²) in [6, 6.07) is 15.1. The molecule has 0 bridgehead atoms. The van der Waals surface area contributed by atoms with Gasteiger partial charge in [0.1, 0.15) is 11.6 Å². The third kappa shape index (κ3) is 2.93. The predicted molar refractivity (Wildman–Crippen MR) is 97.6 cm³/mol. The van der Waals surface area contributed by atoms with Gasteiger partial charge in [-0.1, -0.05) is 25.1 Å². The maximum absolute atomic E-state index is 12.6.